The van der Waals surface area contributed by atoms with Crippen LogP contribution in [0.15, 0.2) is 12.2 Å². The highest BCUT2D eigenvalue weighted by Crippen LogP contribution is 2.53. The summed E-state index contributed by atoms with van der Waals surface area (Å²) in [6.07, 6.45) is 6.41. The van der Waals surface area contributed by atoms with Gasteiger partial charge in [0, 0.05) is 0 Å². The smallest absolute Gasteiger partial charge is 0.0194 e. The van der Waals surface area contributed by atoms with Crippen LogP contribution < -0.4 is 0 Å². The number of allylic oxidation sites excluding steroid dienone is 2. The van der Waals surface area contributed by atoms with Crippen LogP contribution in [0.25, 0.3) is 0 Å². The molecule has 74 valence electrons. The van der Waals surface area contributed by atoms with Crippen LogP contribution in [0.4, 0.5) is 0 Å². The van der Waals surface area contributed by atoms with Crippen LogP contribution in [0, 0.1) is 35.5 Å². The fourth-order valence-corrected chi connectivity index (χ4v) is 3.78. The second-order valence-electron chi connectivity index (χ2n) is 5.59. The SMILES string of the molecule is CC(C)C1C2C=CC(C2)C1C(C)C. The Morgan fingerprint density at radius 2 is 1.23 bits per heavy atom. The third-order valence-corrected chi connectivity index (χ3v) is 4.12. The first kappa shape index (κ1) is 9.30. The molecular formula is C13H22. The van der Waals surface area contributed by atoms with Crippen LogP contribution >= 0.6 is 0 Å². The zero-order valence-corrected chi connectivity index (χ0v) is 9.33. The van der Waals surface area contributed by atoms with E-state index in [-0.39, 0.29) is 0 Å². The maximum atomic E-state index is 2.48. The van der Waals surface area contributed by atoms with Crippen LogP contribution in [0.2, 0.25) is 0 Å². The zero-order valence-electron chi connectivity index (χ0n) is 9.33. The molecule has 1 fully saturated rings. The zero-order chi connectivity index (χ0) is 9.59. The highest BCUT2D eigenvalue weighted by Gasteiger charge is 2.46. The lowest BCUT2D eigenvalue weighted by molar-refractivity contribution is 0.182. The molecule has 0 aromatic carbocycles. The molecule has 13 heavy (non-hydrogen) atoms. The van der Waals surface area contributed by atoms with Gasteiger partial charge in [-0.25, -0.2) is 0 Å². The van der Waals surface area contributed by atoms with Crippen LogP contribution in [0.1, 0.15) is 34.1 Å². The molecule has 2 aliphatic rings. The van der Waals surface area contributed by atoms with Gasteiger partial charge in [-0.3, -0.25) is 0 Å². The van der Waals surface area contributed by atoms with Crippen molar-refractivity contribution >= 4 is 0 Å². The van der Waals surface area contributed by atoms with Crippen molar-refractivity contribution in [2.75, 3.05) is 0 Å². The standard InChI is InChI=1S/C13H22/c1-8(2)12-10-5-6-11(7-10)13(12)9(3)4/h5-6,8-13H,7H2,1-4H3. The van der Waals surface area contributed by atoms with Gasteiger partial charge in [0.05, 0.1) is 0 Å². The van der Waals surface area contributed by atoms with E-state index in [1.165, 1.54) is 6.42 Å². The van der Waals surface area contributed by atoms with E-state index in [0.29, 0.717) is 0 Å². The molecular weight excluding hydrogens is 156 g/mol. The minimum absolute atomic E-state index is 0.868. The Kier molecular flexibility index (Phi) is 2.25. The van der Waals surface area contributed by atoms with E-state index in [4.69, 9.17) is 0 Å². The van der Waals surface area contributed by atoms with E-state index >= 15 is 0 Å². The first-order valence-electron chi connectivity index (χ1n) is 5.79. The van der Waals surface area contributed by atoms with Crippen LogP contribution in [0.3, 0.4) is 0 Å². The van der Waals surface area contributed by atoms with E-state index in [9.17, 15) is 0 Å². The minimum atomic E-state index is 0.868. The molecule has 0 amide bonds. The van der Waals surface area contributed by atoms with Crippen molar-refractivity contribution in [3.63, 3.8) is 0 Å². The lowest BCUT2D eigenvalue weighted by atomic mass is 9.71. The predicted molar refractivity (Wildman–Crippen MR) is 57.4 cm³/mol. The number of rotatable bonds is 2. The van der Waals surface area contributed by atoms with E-state index < -0.39 is 0 Å². The number of hydrogen-bond donors (Lipinski definition) is 0. The molecule has 0 aromatic rings. The fourth-order valence-electron chi connectivity index (χ4n) is 3.78. The van der Waals surface area contributed by atoms with Crippen molar-refractivity contribution in [2.45, 2.75) is 34.1 Å². The summed E-state index contributed by atoms with van der Waals surface area (Å²) in [4.78, 5) is 0. The molecule has 0 nitrogen and oxygen atoms in total. The van der Waals surface area contributed by atoms with E-state index in [0.717, 1.165) is 35.5 Å². The van der Waals surface area contributed by atoms with Crippen molar-refractivity contribution in [2.24, 2.45) is 35.5 Å². The second kappa shape index (κ2) is 3.15. The van der Waals surface area contributed by atoms with Gasteiger partial charge in [-0.05, 0) is 41.9 Å². The third-order valence-electron chi connectivity index (χ3n) is 4.12. The molecule has 0 spiro atoms. The van der Waals surface area contributed by atoms with Crippen molar-refractivity contribution in [3.8, 4) is 0 Å². The first-order chi connectivity index (χ1) is 6.11. The molecule has 1 saturated carbocycles. The maximum absolute atomic E-state index is 2.48. The average molecular weight is 178 g/mol. The van der Waals surface area contributed by atoms with Crippen molar-refractivity contribution in [1.82, 2.24) is 0 Å². The van der Waals surface area contributed by atoms with Crippen LogP contribution in [0.5, 0.6) is 0 Å². The van der Waals surface area contributed by atoms with Gasteiger partial charge in [0.15, 0.2) is 0 Å². The summed E-state index contributed by atoms with van der Waals surface area (Å²) >= 11 is 0. The summed E-state index contributed by atoms with van der Waals surface area (Å²) in [7, 11) is 0. The Morgan fingerprint density at radius 3 is 1.54 bits per heavy atom. The van der Waals surface area contributed by atoms with Crippen molar-refractivity contribution < 1.29 is 0 Å². The Morgan fingerprint density at radius 1 is 0.846 bits per heavy atom. The van der Waals surface area contributed by atoms with Gasteiger partial charge >= 0.3 is 0 Å². The maximum Gasteiger partial charge on any atom is -0.0194 e. The summed E-state index contributed by atoms with van der Waals surface area (Å²) in [6, 6.07) is 0. The van der Waals surface area contributed by atoms with Gasteiger partial charge < -0.3 is 0 Å². The molecule has 2 aliphatic carbocycles. The van der Waals surface area contributed by atoms with E-state index in [1.54, 1.807) is 0 Å². The summed E-state index contributed by atoms with van der Waals surface area (Å²) in [5.74, 6) is 5.50. The van der Waals surface area contributed by atoms with Gasteiger partial charge in [0.1, 0.15) is 0 Å². The summed E-state index contributed by atoms with van der Waals surface area (Å²) < 4.78 is 0. The largest absolute Gasteiger partial charge is 0.0848 e. The Labute approximate surface area is 82.4 Å². The highest BCUT2D eigenvalue weighted by atomic mass is 14.5. The van der Waals surface area contributed by atoms with Gasteiger partial charge in [0.2, 0.25) is 0 Å². The minimum Gasteiger partial charge on any atom is -0.0848 e. The number of hydrogen-bond acceptors (Lipinski definition) is 0. The molecule has 0 saturated heterocycles. The summed E-state index contributed by atoms with van der Waals surface area (Å²) in [6.45, 7) is 9.59. The molecule has 0 aromatic heterocycles. The monoisotopic (exact) mass is 178 g/mol. The van der Waals surface area contributed by atoms with Gasteiger partial charge in [0.25, 0.3) is 0 Å². The topological polar surface area (TPSA) is 0 Å². The Hall–Kier alpha value is -0.260. The van der Waals surface area contributed by atoms with Gasteiger partial charge in [-0.1, -0.05) is 39.8 Å². The average Bonchev–Trinajstić information content (AvgIpc) is 2.60. The molecule has 0 N–H and O–H groups in total. The fraction of sp³-hybridized carbons (Fsp3) is 0.846. The molecule has 0 aliphatic heterocycles. The molecule has 4 unspecified atom stereocenters. The van der Waals surface area contributed by atoms with E-state index in [2.05, 4.69) is 39.8 Å². The third kappa shape index (κ3) is 1.35. The molecule has 0 heteroatoms. The highest BCUT2D eigenvalue weighted by molar-refractivity contribution is 5.14. The lowest BCUT2D eigenvalue weighted by Gasteiger charge is -2.33. The first-order valence-corrected chi connectivity index (χ1v) is 5.79. The summed E-state index contributed by atoms with van der Waals surface area (Å²) in [5.41, 5.74) is 0. The molecule has 0 radical (unpaired) electrons. The normalized spacial score (nSPS) is 42.6. The lowest BCUT2D eigenvalue weighted by Crippen LogP contribution is -2.28. The Bertz CT molecular complexity index is 190. The second-order valence-corrected chi connectivity index (χ2v) is 5.59. The number of fused-ring (bicyclic) bond motifs is 2. The van der Waals surface area contributed by atoms with Gasteiger partial charge in [-0.2, -0.15) is 0 Å². The van der Waals surface area contributed by atoms with Crippen molar-refractivity contribution in [3.05, 3.63) is 12.2 Å². The summed E-state index contributed by atoms with van der Waals surface area (Å²) in [5, 5.41) is 0. The van der Waals surface area contributed by atoms with E-state index in [1.807, 2.05) is 0 Å². The molecule has 4 atom stereocenters. The molecule has 2 bridgehead atoms. The van der Waals surface area contributed by atoms with Crippen molar-refractivity contribution in [1.29, 1.82) is 0 Å². The molecule has 0 heterocycles. The predicted octanol–water partition coefficient (Wildman–Crippen LogP) is 3.74. The van der Waals surface area contributed by atoms with Crippen LogP contribution in [-0.4, -0.2) is 0 Å². The quantitative estimate of drug-likeness (QED) is 0.565. The van der Waals surface area contributed by atoms with Gasteiger partial charge in [-0.15, -0.1) is 0 Å². The Balaban J connectivity index is 2.20. The van der Waals surface area contributed by atoms with Crippen LogP contribution in [-0.2, 0) is 0 Å². The molecule has 2 rings (SSSR count).